The number of esters is 1. The van der Waals surface area contributed by atoms with E-state index in [9.17, 15) is 9.59 Å². The first-order valence-corrected chi connectivity index (χ1v) is 8.33. The molecule has 0 saturated carbocycles. The summed E-state index contributed by atoms with van der Waals surface area (Å²) in [5, 5.41) is 0. The Kier molecular flexibility index (Phi) is 5.33. The van der Waals surface area contributed by atoms with Crippen LogP contribution in [0.3, 0.4) is 0 Å². The van der Waals surface area contributed by atoms with Crippen molar-refractivity contribution in [3.63, 3.8) is 0 Å². The Balaban J connectivity index is 1.62. The van der Waals surface area contributed by atoms with Gasteiger partial charge >= 0.3 is 5.97 Å². The zero-order valence-corrected chi connectivity index (χ0v) is 14.1. The summed E-state index contributed by atoms with van der Waals surface area (Å²) in [5.41, 5.74) is 1.33. The van der Waals surface area contributed by atoms with Crippen LogP contribution in [0.15, 0.2) is 48.5 Å². The van der Waals surface area contributed by atoms with Gasteiger partial charge in [0.25, 0.3) is 0 Å². The number of carbonyl (C=O) groups is 2. The van der Waals surface area contributed by atoms with Gasteiger partial charge in [-0.2, -0.15) is 0 Å². The maximum absolute atomic E-state index is 12.3. The third-order valence-electron chi connectivity index (χ3n) is 4.10. The SMILES string of the molecule is CC[C@@H](C(=O)OCC(=O)c1ccc2c(c1)OCCO2)c1ccccc1. The molecule has 1 aliphatic heterocycles. The Morgan fingerprint density at radius 1 is 1.04 bits per heavy atom. The number of hydrogen-bond donors (Lipinski definition) is 0. The van der Waals surface area contributed by atoms with E-state index in [2.05, 4.69) is 0 Å². The van der Waals surface area contributed by atoms with Crippen LogP contribution >= 0.6 is 0 Å². The summed E-state index contributed by atoms with van der Waals surface area (Å²) in [4.78, 5) is 24.6. The smallest absolute Gasteiger partial charge is 0.313 e. The topological polar surface area (TPSA) is 61.8 Å². The van der Waals surface area contributed by atoms with Crippen LogP contribution in [0.25, 0.3) is 0 Å². The van der Waals surface area contributed by atoms with Crippen molar-refractivity contribution in [3.05, 3.63) is 59.7 Å². The first kappa shape index (κ1) is 17.0. The molecule has 0 unspecified atom stereocenters. The molecule has 0 aliphatic carbocycles. The first-order chi connectivity index (χ1) is 12.2. The summed E-state index contributed by atoms with van der Waals surface area (Å²) in [7, 11) is 0. The van der Waals surface area contributed by atoms with Gasteiger partial charge in [0, 0.05) is 5.56 Å². The zero-order valence-electron chi connectivity index (χ0n) is 14.1. The van der Waals surface area contributed by atoms with Gasteiger partial charge in [0.1, 0.15) is 13.2 Å². The van der Waals surface area contributed by atoms with Crippen LogP contribution in [0.1, 0.15) is 35.2 Å². The van der Waals surface area contributed by atoms with Gasteiger partial charge in [-0.05, 0) is 30.2 Å². The van der Waals surface area contributed by atoms with Gasteiger partial charge in [-0.25, -0.2) is 0 Å². The number of fused-ring (bicyclic) bond motifs is 1. The maximum atomic E-state index is 12.3. The quantitative estimate of drug-likeness (QED) is 0.596. The van der Waals surface area contributed by atoms with Crippen molar-refractivity contribution in [3.8, 4) is 11.5 Å². The zero-order chi connectivity index (χ0) is 17.6. The number of benzene rings is 2. The Hall–Kier alpha value is -2.82. The van der Waals surface area contributed by atoms with E-state index >= 15 is 0 Å². The summed E-state index contributed by atoms with van der Waals surface area (Å²) in [6.07, 6.45) is 0.612. The highest BCUT2D eigenvalue weighted by atomic mass is 16.6. The van der Waals surface area contributed by atoms with Crippen LogP contribution in [0, 0.1) is 0 Å². The molecule has 0 bridgehead atoms. The van der Waals surface area contributed by atoms with Crippen LogP contribution in [0.5, 0.6) is 11.5 Å². The molecule has 1 aliphatic rings. The van der Waals surface area contributed by atoms with Crippen molar-refractivity contribution < 1.29 is 23.8 Å². The standard InChI is InChI=1S/C20H20O5/c1-2-16(14-6-4-3-5-7-14)20(22)25-13-17(21)15-8-9-18-19(12-15)24-11-10-23-18/h3-9,12,16H,2,10-11,13H2,1H3/t16-/m1/s1. The summed E-state index contributed by atoms with van der Waals surface area (Å²) >= 11 is 0. The lowest BCUT2D eigenvalue weighted by atomic mass is 9.97. The molecule has 25 heavy (non-hydrogen) atoms. The van der Waals surface area contributed by atoms with E-state index in [1.807, 2.05) is 37.3 Å². The van der Waals surface area contributed by atoms with Gasteiger partial charge in [-0.15, -0.1) is 0 Å². The summed E-state index contributed by atoms with van der Waals surface area (Å²) in [6, 6.07) is 14.4. The highest BCUT2D eigenvalue weighted by molar-refractivity contribution is 5.98. The summed E-state index contributed by atoms with van der Waals surface area (Å²) in [5.74, 6) is 0.135. The van der Waals surface area contributed by atoms with Crippen molar-refractivity contribution in [1.29, 1.82) is 0 Å². The molecule has 0 aromatic heterocycles. The molecule has 2 aromatic carbocycles. The molecule has 0 saturated heterocycles. The van der Waals surface area contributed by atoms with Crippen molar-refractivity contribution in [2.75, 3.05) is 19.8 Å². The minimum Gasteiger partial charge on any atom is -0.486 e. The predicted octanol–water partition coefficient (Wildman–Crippen LogP) is 3.38. The average Bonchev–Trinajstić information content (AvgIpc) is 2.67. The molecule has 0 N–H and O–H groups in total. The predicted molar refractivity (Wildman–Crippen MR) is 92.2 cm³/mol. The first-order valence-electron chi connectivity index (χ1n) is 8.33. The number of ether oxygens (including phenoxy) is 3. The van der Waals surface area contributed by atoms with Crippen molar-refractivity contribution >= 4 is 11.8 Å². The van der Waals surface area contributed by atoms with E-state index in [0.717, 1.165) is 5.56 Å². The normalized spacial score (nSPS) is 13.8. The van der Waals surface area contributed by atoms with Gasteiger partial charge in [0.05, 0.1) is 5.92 Å². The minimum atomic E-state index is -0.389. The molecule has 5 heteroatoms. The maximum Gasteiger partial charge on any atom is 0.313 e. The highest BCUT2D eigenvalue weighted by Gasteiger charge is 2.22. The highest BCUT2D eigenvalue weighted by Crippen LogP contribution is 2.31. The molecule has 0 spiro atoms. The van der Waals surface area contributed by atoms with Crippen LogP contribution < -0.4 is 9.47 Å². The lowest BCUT2D eigenvalue weighted by Crippen LogP contribution is -2.20. The second-order valence-electron chi connectivity index (χ2n) is 5.76. The van der Waals surface area contributed by atoms with E-state index in [-0.39, 0.29) is 24.3 Å². The average molecular weight is 340 g/mol. The van der Waals surface area contributed by atoms with Gasteiger partial charge in [-0.3, -0.25) is 9.59 Å². The van der Waals surface area contributed by atoms with E-state index in [0.29, 0.717) is 36.7 Å². The summed E-state index contributed by atoms with van der Waals surface area (Å²) in [6.45, 7) is 2.58. The molecule has 0 fully saturated rings. The van der Waals surface area contributed by atoms with E-state index in [4.69, 9.17) is 14.2 Å². The van der Waals surface area contributed by atoms with E-state index in [1.54, 1.807) is 18.2 Å². The third kappa shape index (κ3) is 3.99. The number of rotatable bonds is 6. The van der Waals surface area contributed by atoms with E-state index in [1.165, 1.54) is 0 Å². The van der Waals surface area contributed by atoms with Crippen LogP contribution in [0.2, 0.25) is 0 Å². The Bertz CT molecular complexity index is 754. The molecule has 1 heterocycles. The number of ketones is 1. The van der Waals surface area contributed by atoms with Crippen molar-refractivity contribution in [2.24, 2.45) is 0 Å². The monoisotopic (exact) mass is 340 g/mol. The lowest BCUT2D eigenvalue weighted by Gasteiger charge is -2.18. The molecule has 0 amide bonds. The van der Waals surface area contributed by atoms with Crippen molar-refractivity contribution in [1.82, 2.24) is 0 Å². The van der Waals surface area contributed by atoms with Gasteiger partial charge < -0.3 is 14.2 Å². The summed E-state index contributed by atoms with van der Waals surface area (Å²) < 4.78 is 16.1. The molecule has 130 valence electrons. The molecule has 5 nitrogen and oxygen atoms in total. The molecular weight excluding hydrogens is 320 g/mol. The lowest BCUT2D eigenvalue weighted by molar-refractivity contribution is -0.144. The minimum absolute atomic E-state index is 0.270. The molecule has 0 radical (unpaired) electrons. The fraction of sp³-hybridized carbons (Fsp3) is 0.300. The molecular formula is C20H20O5. The van der Waals surface area contributed by atoms with Gasteiger partial charge in [0.2, 0.25) is 0 Å². The second kappa shape index (κ2) is 7.83. The number of hydrogen-bond acceptors (Lipinski definition) is 5. The fourth-order valence-corrected chi connectivity index (χ4v) is 2.76. The molecule has 1 atom stereocenters. The third-order valence-corrected chi connectivity index (χ3v) is 4.10. The Morgan fingerprint density at radius 3 is 2.48 bits per heavy atom. The van der Waals surface area contributed by atoms with Crippen LogP contribution in [-0.2, 0) is 9.53 Å². The number of carbonyl (C=O) groups excluding carboxylic acids is 2. The van der Waals surface area contributed by atoms with Crippen LogP contribution in [-0.4, -0.2) is 31.6 Å². The Morgan fingerprint density at radius 2 is 1.76 bits per heavy atom. The Labute approximate surface area is 146 Å². The van der Waals surface area contributed by atoms with E-state index < -0.39 is 0 Å². The number of Topliss-reactive ketones (excluding diaryl/α,β-unsaturated/α-hetero) is 1. The van der Waals surface area contributed by atoms with Gasteiger partial charge in [-0.1, -0.05) is 37.3 Å². The van der Waals surface area contributed by atoms with Gasteiger partial charge in [0.15, 0.2) is 23.9 Å². The van der Waals surface area contributed by atoms with Crippen molar-refractivity contribution in [2.45, 2.75) is 19.3 Å². The molecule has 3 rings (SSSR count). The fourth-order valence-electron chi connectivity index (χ4n) is 2.76. The largest absolute Gasteiger partial charge is 0.486 e. The molecule has 2 aromatic rings. The van der Waals surface area contributed by atoms with Crippen LogP contribution in [0.4, 0.5) is 0 Å². The second-order valence-corrected chi connectivity index (χ2v) is 5.76.